The van der Waals surface area contributed by atoms with E-state index in [1.165, 1.54) is 19.2 Å². The van der Waals surface area contributed by atoms with Crippen LogP contribution in [0.5, 0.6) is 5.75 Å². The van der Waals surface area contributed by atoms with Crippen molar-refractivity contribution in [2.24, 2.45) is 5.73 Å². The number of benzene rings is 1. The Bertz CT molecular complexity index is 368. The summed E-state index contributed by atoms with van der Waals surface area (Å²) < 4.78 is 18.2. The Morgan fingerprint density at radius 3 is 2.80 bits per heavy atom. The lowest BCUT2D eigenvalue weighted by molar-refractivity contribution is -0.137. The first-order valence-corrected chi connectivity index (χ1v) is 4.35. The fraction of sp³-hybridized carbons (Fsp3) is 0.300. The molecule has 1 rings (SSSR count). The minimum atomic E-state index is -1.06. The number of halogens is 1. The largest absolute Gasteiger partial charge is 0.497 e. The molecule has 0 fully saturated rings. The zero-order valence-electron chi connectivity index (χ0n) is 8.24. The quantitative estimate of drug-likeness (QED) is 0.790. The fourth-order valence-electron chi connectivity index (χ4n) is 1.23. The predicted molar refractivity (Wildman–Crippen MR) is 52.1 cm³/mol. The van der Waals surface area contributed by atoms with Crippen LogP contribution in [0.1, 0.15) is 18.0 Å². The summed E-state index contributed by atoms with van der Waals surface area (Å²) in [7, 11) is 1.42. The van der Waals surface area contributed by atoms with E-state index in [1.54, 1.807) is 6.07 Å². The lowest BCUT2D eigenvalue weighted by atomic mass is 10.0. The van der Waals surface area contributed by atoms with Gasteiger partial charge in [0, 0.05) is 17.7 Å². The molecule has 5 heteroatoms. The molecule has 4 nitrogen and oxygen atoms in total. The summed E-state index contributed by atoms with van der Waals surface area (Å²) in [5.74, 6) is -1.24. The van der Waals surface area contributed by atoms with Gasteiger partial charge in [-0.05, 0) is 6.07 Å². The van der Waals surface area contributed by atoms with Gasteiger partial charge in [0.2, 0.25) is 0 Å². The van der Waals surface area contributed by atoms with Crippen molar-refractivity contribution in [3.8, 4) is 5.75 Å². The molecule has 0 saturated carbocycles. The van der Waals surface area contributed by atoms with Crippen molar-refractivity contribution < 1.29 is 19.0 Å². The molecule has 82 valence electrons. The van der Waals surface area contributed by atoms with Gasteiger partial charge in [-0.1, -0.05) is 6.07 Å². The van der Waals surface area contributed by atoms with Crippen LogP contribution in [-0.2, 0) is 4.79 Å². The van der Waals surface area contributed by atoms with Gasteiger partial charge in [0.05, 0.1) is 13.5 Å². The maximum absolute atomic E-state index is 13.4. The molecule has 0 heterocycles. The first-order valence-electron chi connectivity index (χ1n) is 4.35. The number of carbonyl (C=O) groups is 1. The van der Waals surface area contributed by atoms with Gasteiger partial charge in [-0.3, -0.25) is 4.79 Å². The molecule has 0 amide bonds. The second-order valence-corrected chi connectivity index (χ2v) is 3.09. The van der Waals surface area contributed by atoms with Crippen molar-refractivity contribution >= 4 is 5.97 Å². The molecule has 0 spiro atoms. The highest BCUT2D eigenvalue weighted by Crippen LogP contribution is 2.22. The maximum atomic E-state index is 13.4. The zero-order chi connectivity index (χ0) is 11.4. The van der Waals surface area contributed by atoms with Crippen LogP contribution in [0.2, 0.25) is 0 Å². The molecule has 1 aromatic rings. The minimum absolute atomic E-state index is 0.179. The highest BCUT2D eigenvalue weighted by molar-refractivity contribution is 5.67. The van der Waals surface area contributed by atoms with E-state index in [0.717, 1.165) is 0 Å². The molecule has 1 unspecified atom stereocenters. The molecule has 0 aliphatic rings. The van der Waals surface area contributed by atoms with Crippen molar-refractivity contribution in [2.45, 2.75) is 12.5 Å². The van der Waals surface area contributed by atoms with Gasteiger partial charge in [-0.25, -0.2) is 4.39 Å². The highest BCUT2D eigenvalue weighted by Gasteiger charge is 2.15. The van der Waals surface area contributed by atoms with Gasteiger partial charge >= 0.3 is 5.97 Å². The number of carboxylic acid groups (broad SMARTS) is 1. The molecule has 0 aromatic heterocycles. The molecule has 1 atom stereocenters. The van der Waals surface area contributed by atoms with E-state index >= 15 is 0 Å². The van der Waals surface area contributed by atoms with Crippen molar-refractivity contribution in [1.82, 2.24) is 0 Å². The Labute approximate surface area is 86.5 Å². The number of hydrogen-bond acceptors (Lipinski definition) is 3. The van der Waals surface area contributed by atoms with Gasteiger partial charge in [0.25, 0.3) is 0 Å². The van der Waals surface area contributed by atoms with Crippen LogP contribution in [-0.4, -0.2) is 18.2 Å². The van der Waals surface area contributed by atoms with Crippen molar-refractivity contribution in [1.29, 1.82) is 0 Å². The molecule has 3 N–H and O–H groups in total. The van der Waals surface area contributed by atoms with Crippen LogP contribution in [0.4, 0.5) is 4.39 Å². The summed E-state index contributed by atoms with van der Waals surface area (Å²) in [6.07, 6.45) is -0.302. The Morgan fingerprint density at radius 1 is 1.67 bits per heavy atom. The molecule has 1 aromatic carbocycles. The summed E-state index contributed by atoms with van der Waals surface area (Å²) in [6.45, 7) is 0. The molecular formula is C10H12FNO3. The third-order valence-corrected chi connectivity index (χ3v) is 2.00. The Balaban J connectivity index is 2.90. The van der Waals surface area contributed by atoms with Crippen LogP contribution in [0.15, 0.2) is 18.2 Å². The molecule has 0 bridgehead atoms. The Morgan fingerprint density at radius 2 is 2.33 bits per heavy atom. The van der Waals surface area contributed by atoms with E-state index < -0.39 is 17.8 Å². The third kappa shape index (κ3) is 2.92. The van der Waals surface area contributed by atoms with E-state index in [9.17, 15) is 9.18 Å². The summed E-state index contributed by atoms with van der Waals surface area (Å²) in [6, 6.07) is 3.31. The molecule has 15 heavy (non-hydrogen) atoms. The van der Waals surface area contributed by atoms with Gasteiger partial charge in [-0.2, -0.15) is 0 Å². The van der Waals surface area contributed by atoms with Crippen LogP contribution in [0, 0.1) is 5.82 Å². The van der Waals surface area contributed by atoms with Crippen LogP contribution < -0.4 is 10.5 Å². The van der Waals surface area contributed by atoms with Crippen molar-refractivity contribution in [3.05, 3.63) is 29.6 Å². The molecule has 0 radical (unpaired) electrons. The highest BCUT2D eigenvalue weighted by atomic mass is 19.1. The van der Waals surface area contributed by atoms with Gasteiger partial charge < -0.3 is 15.6 Å². The number of rotatable bonds is 4. The number of aliphatic carboxylic acids is 1. The number of ether oxygens (including phenoxy) is 1. The molecule has 0 aliphatic carbocycles. The van der Waals surface area contributed by atoms with Crippen molar-refractivity contribution in [2.75, 3.05) is 7.11 Å². The molecule has 0 aliphatic heterocycles. The SMILES string of the molecule is COc1ccc(C(N)CC(=O)O)c(F)c1. The monoisotopic (exact) mass is 213 g/mol. The van der Waals surface area contributed by atoms with E-state index in [0.29, 0.717) is 5.75 Å². The molecule has 0 saturated heterocycles. The minimum Gasteiger partial charge on any atom is -0.497 e. The zero-order valence-corrected chi connectivity index (χ0v) is 8.24. The van der Waals surface area contributed by atoms with E-state index in [-0.39, 0.29) is 12.0 Å². The van der Waals surface area contributed by atoms with Crippen LogP contribution >= 0.6 is 0 Å². The third-order valence-electron chi connectivity index (χ3n) is 2.00. The first kappa shape index (κ1) is 11.5. The number of methoxy groups -OCH3 is 1. The first-order chi connectivity index (χ1) is 7.04. The summed E-state index contributed by atoms with van der Waals surface area (Å²) >= 11 is 0. The standard InChI is InChI=1S/C10H12FNO3/c1-15-6-2-3-7(8(11)4-6)9(12)5-10(13)14/h2-4,9H,5,12H2,1H3,(H,13,14). The Kier molecular flexibility index (Phi) is 3.62. The average Bonchev–Trinajstić information content (AvgIpc) is 2.16. The predicted octanol–water partition coefficient (Wildman–Crippen LogP) is 1.31. The van der Waals surface area contributed by atoms with Crippen LogP contribution in [0.3, 0.4) is 0 Å². The number of nitrogens with two attached hydrogens (primary N) is 1. The number of carboxylic acids is 1. The Hall–Kier alpha value is -1.62. The smallest absolute Gasteiger partial charge is 0.305 e. The normalized spacial score (nSPS) is 12.2. The van der Waals surface area contributed by atoms with Gasteiger partial charge in [0.15, 0.2) is 0 Å². The van der Waals surface area contributed by atoms with Gasteiger partial charge in [-0.15, -0.1) is 0 Å². The van der Waals surface area contributed by atoms with Crippen molar-refractivity contribution in [3.63, 3.8) is 0 Å². The topological polar surface area (TPSA) is 72.5 Å². The van der Waals surface area contributed by atoms with E-state index in [1.807, 2.05) is 0 Å². The maximum Gasteiger partial charge on any atom is 0.305 e. The summed E-state index contributed by atoms with van der Waals surface area (Å²) in [4.78, 5) is 10.4. The molecular weight excluding hydrogens is 201 g/mol. The summed E-state index contributed by atoms with van der Waals surface area (Å²) in [5.41, 5.74) is 5.71. The summed E-state index contributed by atoms with van der Waals surface area (Å²) in [5, 5.41) is 8.51. The van der Waals surface area contributed by atoms with E-state index in [2.05, 4.69) is 0 Å². The second kappa shape index (κ2) is 4.75. The average molecular weight is 213 g/mol. The van der Waals surface area contributed by atoms with E-state index in [4.69, 9.17) is 15.6 Å². The lowest BCUT2D eigenvalue weighted by Gasteiger charge is -2.11. The fourth-order valence-corrected chi connectivity index (χ4v) is 1.23. The number of hydrogen-bond donors (Lipinski definition) is 2. The second-order valence-electron chi connectivity index (χ2n) is 3.09. The lowest BCUT2D eigenvalue weighted by Crippen LogP contribution is -2.16. The van der Waals surface area contributed by atoms with Gasteiger partial charge in [0.1, 0.15) is 11.6 Å². The van der Waals surface area contributed by atoms with Crippen LogP contribution in [0.25, 0.3) is 0 Å².